The summed E-state index contributed by atoms with van der Waals surface area (Å²) in [7, 11) is 1.29. The molecule has 0 aliphatic carbocycles. The maximum absolute atomic E-state index is 11.4. The van der Waals surface area contributed by atoms with Crippen LogP contribution < -0.4 is 11.1 Å². The maximum Gasteiger partial charge on any atom is 0.337 e. The third-order valence-corrected chi connectivity index (χ3v) is 3.95. The quantitative estimate of drug-likeness (QED) is 0.424. The Morgan fingerprint density at radius 2 is 1.33 bits per heavy atom. The van der Waals surface area contributed by atoms with Crippen LogP contribution in [0.3, 0.4) is 0 Å². The van der Waals surface area contributed by atoms with E-state index in [9.17, 15) is 19.2 Å². The van der Waals surface area contributed by atoms with E-state index in [4.69, 9.17) is 5.11 Å². The molecule has 0 atom stereocenters. The van der Waals surface area contributed by atoms with Crippen molar-refractivity contribution in [1.82, 2.24) is 19.9 Å². The van der Waals surface area contributed by atoms with Gasteiger partial charge in [0.25, 0.3) is 11.1 Å². The molecule has 0 bridgehead atoms. The van der Waals surface area contributed by atoms with Gasteiger partial charge in [-0.3, -0.25) is 9.59 Å². The number of hydrogen-bond donors (Lipinski definition) is 3. The summed E-state index contributed by atoms with van der Waals surface area (Å²) in [5.74, 6) is -1.53. The van der Waals surface area contributed by atoms with Crippen molar-refractivity contribution in [1.29, 1.82) is 0 Å². The summed E-state index contributed by atoms with van der Waals surface area (Å²) < 4.78 is 4.55. The van der Waals surface area contributed by atoms with E-state index in [2.05, 4.69) is 24.7 Å². The van der Waals surface area contributed by atoms with Crippen molar-refractivity contribution in [3.63, 3.8) is 0 Å². The summed E-state index contributed by atoms with van der Waals surface area (Å²) in [4.78, 5) is 57.2. The summed E-state index contributed by atoms with van der Waals surface area (Å²) in [6, 6.07) is 8.87. The molecule has 0 aliphatic rings. The molecule has 0 saturated heterocycles. The number of rotatable bonds is 2. The van der Waals surface area contributed by atoms with E-state index >= 15 is 0 Å². The summed E-state index contributed by atoms with van der Waals surface area (Å²) in [5, 5.41) is 9.36. The van der Waals surface area contributed by atoms with Crippen LogP contribution in [0.1, 0.15) is 28.1 Å². The Kier molecular flexibility index (Phi) is 6.76. The Morgan fingerprint density at radius 1 is 0.867 bits per heavy atom. The first-order valence-electron chi connectivity index (χ1n) is 8.17. The molecular weight excluding hydrogens is 392 g/mol. The first-order chi connectivity index (χ1) is 13.9. The summed E-state index contributed by atoms with van der Waals surface area (Å²) in [5.41, 5.74) is 0.841. The number of esters is 1. The number of aromatic carboxylic acids is 1. The summed E-state index contributed by atoms with van der Waals surface area (Å²) >= 11 is 0. The molecule has 10 heteroatoms. The van der Waals surface area contributed by atoms with Gasteiger partial charge in [-0.2, -0.15) is 0 Å². The van der Waals surface area contributed by atoms with Crippen molar-refractivity contribution >= 4 is 33.7 Å². The van der Waals surface area contributed by atoms with Gasteiger partial charge in [-0.15, -0.1) is 0 Å². The lowest BCUT2D eigenvalue weighted by molar-refractivity contribution is 0.0600. The van der Waals surface area contributed by atoms with Crippen LogP contribution in [0.15, 0.2) is 58.6 Å². The number of nitrogens with zero attached hydrogens (tertiary/aromatic N) is 2. The fraction of sp³-hybridized carbons (Fsp3) is 0.100. The van der Waals surface area contributed by atoms with E-state index in [1.54, 1.807) is 12.1 Å². The van der Waals surface area contributed by atoms with Crippen molar-refractivity contribution in [3.05, 3.63) is 80.9 Å². The number of hydrogen-bond acceptors (Lipinski definition) is 7. The van der Waals surface area contributed by atoms with Crippen molar-refractivity contribution in [2.24, 2.45) is 0 Å². The van der Waals surface area contributed by atoms with Crippen molar-refractivity contribution < 1.29 is 19.4 Å². The molecule has 4 aromatic rings. The molecular formula is C20H18N4O6. The van der Waals surface area contributed by atoms with Crippen LogP contribution in [-0.2, 0) is 4.74 Å². The van der Waals surface area contributed by atoms with Gasteiger partial charge in [0.15, 0.2) is 0 Å². The minimum atomic E-state index is -1.06. The predicted molar refractivity (Wildman–Crippen MR) is 110 cm³/mol. The minimum Gasteiger partial charge on any atom is -0.478 e. The standard InChI is InChI=1S/C10H8N2O3.C9H6N2O3.CH4/c1-15-10(14)6-2-3-8-7(4-6)9(13)12-5-11-8;12-8-6-3-5(9(13)14)1-2-7(6)10-4-11-8;/h2-5H,1H3,(H,11,12,13);1-4H,(H,13,14)(H,10,11,12);1H4. The van der Waals surface area contributed by atoms with Crippen molar-refractivity contribution in [2.75, 3.05) is 7.11 Å². The van der Waals surface area contributed by atoms with Gasteiger partial charge in [0.1, 0.15) is 0 Å². The third kappa shape index (κ3) is 4.55. The molecule has 0 fully saturated rings. The minimum absolute atomic E-state index is 0. The van der Waals surface area contributed by atoms with Gasteiger partial charge in [0.2, 0.25) is 0 Å². The van der Waals surface area contributed by atoms with E-state index in [1.165, 1.54) is 44.0 Å². The van der Waals surface area contributed by atoms with Crippen LogP contribution in [0.2, 0.25) is 0 Å². The number of ether oxygens (including phenoxy) is 1. The van der Waals surface area contributed by atoms with Crippen LogP contribution >= 0.6 is 0 Å². The van der Waals surface area contributed by atoms with Gasteiger partial charge >= 0.3 is 11.9 Å². The highest BCUT2D eigenvalue weighted by Gasteiger charge is 2.08. The van der Waals surface area contributed by atoms with Crippen LogP contribution in [0, 0.1) is 0 Å². The molecule has 0 saturated carbocycles. The number of carbonyl (C=O) groups excluding carboxylic acids is 1. The largest absolute Gasteiger partial charge is 0.478 e. The van der Waals surface area contributed by atoms with Crippen LogP contribution in [0.4, 0.5) is 0 Å². The molecule has 3 N–H and O–H groups in total. The van der Waals surface area contributed by atoms with E-state index in [-0.39, 0.29) is 29.5 Å². The second-order valence-corrected chi connectivity index (χ2v) is 5.72. The van der Waals surface area contributed by atoms with Gasteiger partial charge in [-0.1, -0.05) is 7.43 Å². The Bertz CT molecular complexity index is 1340. The summed E-state index contributed by atoms with van der Waals surface area (Å²) in [6.07, 6.45) is 2.60. The number of methoxy groups -OCH3 is 1. The number of aromatic amines is 2. The normalized spacial score (nSPS) is 9.90. The first kappa shape index (κ1) is 22.0. The predicted octanol–water partition coefficient (Wildman–Crippen LogP) is 1.97. The number of carboxylic acids is 1. The number of H-pyrrole nitrogens is 2. The Hall–Kier alpha value is -4.34. The van der Waals surface area contributed by atoms with Gasteiger partial charge in [-0.25, -0.2) is 19.6 Å². The Balaban J connectivity index is 0.000000207. The first-order valence-corrected chi connectivity index (χ1v) is 8.17. The highest BCUT2D eigenvalue weighted by atomic mass is 16.5. The van der Waals surface area contributed by atoms with Crippen molar-refractivity contribution in [3.8, 4) is 0 Å². The molecule has 0 amide bonds. The molecule has 30 heavy (non-hydrogen) atoms. The zero-order chi connectivity index (χ0) is 21.0. The van der Waals surface area contributed by atoms with E-state index in [0.717, 1.165) is 0 Å². The molecule has 2 aromatic carbocycles. The average molecular weight is 410 g/mol. The van der Waals surface area contributed by atoms with Crippen LogP contribution in [0.5, 0.6) is 0 Å². The topological polar surface area (TPSA) is 155 Å². The van der Waals surface area contributed by atoms with Crippen LogP contribution in [-0.4, -0.2) is 44.1 Å². The zero-order valence-electron chi connectivity index (χ0n) is 15.0. The smallest absolute Gasteiger partial charge is 0.337 e. The van der Waals surface area contributed by atoms with E-state index < -0.39 is 11.9 Å². The number of carboxylic acid groups (broad SMARTS) is 1. The molecule has 2 aromatic heterocycles. The average Bonchev–Trinajstić information content (AvgIpc) is 2.74. The monoisotopic (exact) mass is 410 g/mol. The number of aromatic nitrogens is 4. The van der Waals surface area contributed by atoms with Gasteiger partial charge in [-0.05, 0) is 36.4 Å². The lowest BCUT2D eigenvalue weighted by atomic mass is 10.1. The molecule has 0 aliphatic heterocycles. The number of nitrogens with one attached hydrogen (secondary N) is 2. The van der Waals surface area contributed by atoms with Gasteiger partial charge < -0.3 is 19.8 Å². The second-order valence-electron chi connectivity index (χ2n) is 5.72. The SMILES string of the molecule is C.COC(=O)c1ccc2nc[nH]c(=O)c2c1.O=C(O)c1ccc2nc[nH]c(=O)c2c1. The number of fused-ring (bicyclic) bond motifs is 2. The highest BCUT2D eigenvalue weighted by molar-refractivity contribution is 5.94. The molecule has 0 radical (unpaired) electrons. The number of carbonyl (C=O) groups is 2. The maximum atomic E-state index is 11.4. The number of benzene rings is 2. The third-order valence-electron chi connectivity index (χ3n) is 3.95. The lowest BCUT2D eigenvalue weighted by Gasteiger charge is -2.00. The van der Waals surface area contributed by atoms with Crippen molar-refractivity contribution in [2.45, 2.75) is 7.43 Å². The van der Waals surface area contributed by atoms with E-state index in [0.29, 0.717) is 22.0 Å². The van der Waals surface area contributed by atoms with Gasteiger partial charge in [0, 0.05) is 0 Å². The molecule has 154 valence electrons. The Morgan fingerprint density at radius 3 is 1.80 bits per heavy atom. The molecule has 2 heterocycles. The fourth-order valence-corrected chi connectivity index (χ4v) is 2.52. The zero-order valence-corrected chi connectivity index (χ0v) is 15.0. The fourth-order valence-electron chi connectivity index (χ4n) is 2.52. The lowest BCUT2D eigenvalue weighted by Crippen LogP contribution is -2.08. The molecule has 10 nitrogen and oxygen atoms in total. The van der Waals surface area contributed by atoms with Crippen LogP contribution in [0.25, 0.3) is 21.8 Å². The molecule has 0 unspecified atom stereocenters. The summed E-state index contributed by atoms with van der Waals surface area (Å²) in [6.45, 7) is 0. The highest BCUT2D eigenvalue weighted by Crippen LogP contribution is 2.10. The molecule has 4 rings (SSSR count). The molecule has 0 spiro atoms. The Labute approximate surface area is 169 Å². The second kappa shape index (κ2) is 9.24. The van der Waals surface area contributed by atoms with E-state index in [1.807, 2.05) is 0 Å². The van der Waals surface area contributed by atoms with Gasteiger partial charge in [0.05, 0.1) is 52.7 Å².